The normalized spacial score (nSPS) is 11.8. The zero-order valence-electron chi connectivity index (χ0n) is 18.8. The van der Waals surface area contributed by atoms with Gasteiger partial charge in [0.1, 0.15) is 0 Å². The number of rotatable bonds is 9. The number of carbonyl (C=O) groups is 1. The molecule has 0 bridgehead atoms. The van der Waals surface area contributed by atoms with Gasteiger partial charge in [-0.15, -0.1) is 0 Å². The van der Waals surface area contributed by atoms with Crippen LogP contribution in [0.2, 0.25) is 0 Å². The largest absolute Gasteiger partial charge is 0.326 e. The minimum atomic E-state index is -3.46. The Morgan fingerprint density at radius 2 is 1.84 bits per heavy atom. The standard InChI is InChI=1S/C23H29N3O4S2/c1-5-17-8-11-19(12-9-17)25(32(4,29)30)14-6-7-22(27)24-18-10-13-20-21(15-18)31-23(28)26(20)16(2)3/h8-13,15-16H,5-7,14H2,1-4H3,(H,24,27). The molecule has 3 rings (SSSR count). The number of anilines is 2. The molecule has 1 N–H and O–H groups in total. The van der Waals surface area contributed by atoms with Gasteiger partial charge >= 0.3 is 4.87 Å². The molecular formula is C23H29N3O4S2. The molecule has 0 radical (unpaired) electrons. The van der Waals surface area contributed by atoms with Crippen molar-refractivity contribution in [2.45, 2.75) is 46.1 Å². The summed E-state index contributed by atoms with van der Waals surface area (Å²) >= 11 is 1.16. The van der Waals surface area contributed by atoms with Gasteiger partial charge in [0, 0.05) is 24.7 Å². The second-order valence-corrected chi connectivity index (χ2v) is 10.9. The first-order valence-electron chi connectivity index (χ1n) is 10.6. The van der Waals surface area contributed by atoms with Crippen molar-refractivity contribution in [2.24, 2.45) is 0 Å². The van der Waals surface area contributed by atoms with Crippen LogP contribution in [0.1, 0.15) is 45.2 Å². The Labute approximate surface area is 192 Å². The Morgan fingerprint density at radius 1 is 1.16 bits per heavy atom. The number of carbonyl (C=O) groups excluding carboxylic acids is 1. The van der Waals surface area contributed by atoms with E-state index >= 15 is 0 Å². The maximum atomic E-state index is 12.4. The predicted octanol–water partition coefficient (Wildman–Crippen LogP) is 4.39. The van der Waals surface area contributed by atoms with E-state index in [1.807, 2.05) is 39.0 Å². The van der Waals surface area contributed by atoms with E-state index in [-0.39, 0.29) is 29.8 Å². The maximum absolute atomic E-state index is 12.4. The predicted molar refractivity (Wildman–Crippen MR) is 132 cm³/mol. The van der Waals surface area contributed by atoms with E-state index in [4.69, 9.17) is 0 Å². The number of amides is 1. The first kappa shape index (κ1) is 24.0. The van der Waals surface area contributed by atoms with Gasteiger partial charge in [-0.1, -0.05) is 30.4 Å². The van der Waals surface area contributed by atoms with Crippen molar-refractivity contribution in [2.75, 3.05) is 22.4 Å². The maximum Gasteiger partial charge on any atom is 0.308 e. The van der Waals surface area contributed by atoms with Crippen LogP contribution in [0.5, 0.6) is 0 Å². The molecule has 2 aromatic carbocycles. The first-order chi connectivity index (χ1) is 15.1. The van der Waals surface area contributed by atoms with E-state index < -0.39 is 10.0 Å². The quantitative estimate of drug-likeness (QED) is 0.497. The number of sulfonamides is 1. The topological polar surface area (TPSA) is 88.5 Å². The van der Waals surface area contributed by atoms with Crippen molar-refractivity contribution < 1.29 is 13.2 Å². The van der Waals surface area contributed by atoms with Gasteiger partial charge in [0.05, 0.1) is 22.2 Å². The van der Waals surface area contributed by atoms with Gasteiger partial charge in [0.15, 0.2) is 0 Å². The van der Waals surface area contributed by atoms with Crippen molar-refractivity contribution >= 4 is 48.9 Å². The lowest BCUT2D eigenvalue weighted by Crippen LogP contribution is -2.31. The number of thiazole rings is 1. The summed E-state index contributed by atoms with van der Waals surface area (Å²) in [7, 11) is -3.46. The lowest BCUT2D eigenvalue weighted by atomic mass is 10.1. The zero-order chi connectivity index (χ0) is 23.5. The summed E-state index contributed by atoms with van der Waals surface area (Å²) in [5.41, 5.74) is 3.20. The lowest BCUT2D eigenvalue weighted by Gasteiger charge is -2.22. The summed E-state index contributed by atoms with van der Waals surface area (Å²) in [5.74, 6) is -0.199. The van der Waals surface area contributed by atoms with Gasteiger partial charge < -0.3 is 5.32 Å². The Bertz CT molecular complexity index is 1260. The average Bonchev–Trinajstić information content (AvgIpc) is 3.05. The average molecular weight is 476 g/mol. The number of nitrogens with one attached hydrogen (secondary N) is 1. The zero-order valence-corrected chi connectivity index (χ0v) is 20.4. The lowest BCUT2D eigenvalue weighted by molar-refractivity contribution is -0.116. The molecule has 3 aromatic rings. The molecule has 9 heteroatoms. The molecule has 0 saturated heterocycles. The molecule has 32 heavy (non-hydrogen) atoms. The van der Waals surface area contributed by atoms with Crippen LogP contribution in [-0.4, -0.2) is 31.7 Å². The van der Waals surface area contributed by atoms with Crippen LogP contribution in [0, 0.1) is 0 Å². The molecule has 0 saturated carbocycles. The highest BCUT2D eigenvalue weighted by atomic mass is 32.2. The third kappa shape index (κ3) is 5.58. The van der Waals surface area contributed by atoms with Gasteiger partial charge in [-0.3, -0.25) is 18.5 Å². The molecule has 1 heterocycles. The van der Waals surface area contributed by atoms with Crippen molar-refractivity contribution in [1.29, 1.82) is 0 Å². The number of aryl methyl sites for hydroxylation is 1. The second-order valence-electron chi connectivity index (χ2n) is 8.02. The van der Waals surface area contributed by atoms with Gasteiger partial charge in [0.25, 0.3) is 0 Å². The fraction of sp³-hybridized carbons (Fsp3) is 0.391. The second kappa shape index (κ2) is 9.87. The monoisotopic (exact) mass is 475 g/mol. The minimum absolute atomic E-state index is 0.0219. The van der Waals surface area contributed by atoms with E-state index in [0.717, 1.165) is 33.5 Å². The number of hydrogen-bond donors (Lipinski definition) is 1. The third-order valence-corrected chi connectivity index (χ3v) is 7.32. The number of hydrogen-bond acceptors (Lipinski definition) is 5. The molecule has 0 aliphatic rings. The Morgan fingerprint density at radius 3 is 2.44 bits per heavy atom. The van der Waals surface area contributed by atoms with Gasteiger partial charge in [0.2, 0.25) is 15.9 Å². The van der Waals surface area contributed by atoms with Crippen molar-refractivity contribution in [1.82, 2.24) is 4.57 Å². The smallest absolute Gasteiger partial charge is 0.308 e. The molecule has 0 unspecified atom stereocenters. The van der Waals surface area contributed by atoms with Crippen LogP contribution in [0.3, 0.4) is 0 Å². The summed E-state index contributed by atoms with van der Waals surface area (Å²) in [6, 6.07) is 12.9. The number of benzene rings is 2. The molecule has 0 aliphatic carbocycles. The van der Waals surface area contributed by atoms with E-state index in [9.17, 15) is 18.0 Å². The van der Waals surface area contributed by atoms with Crippen molar-refractivity contribution in [3.8, 4) is 0 Å². The Hall–Kier alpha value is -2.65. The van der Waals surface area contributed by atoms with E-state index in [0.29, 0.717) is 17.8 Å². The Balaban J connectivity index is 1.63. The SMILES string of the molecule is CCc1ccc(N(CCCC(=O)Nc2ccc3c(c2)sc(=O)n3C(C)C)S(C)(=O)=O)cc1. The number of aromatic nitrogens is 1. The minimum Gasteiger partial charge on any atom is -0.326 e. The summed E-state index contributed by atoms with van der Waals surface area (Å²) in [6.45, 7) is 6.18. The highest BCUT2D eigenvalue weighted by Gasteiger charge is 2.18. The van der Waals surface area contributed by atoms with Crippen LogP contribution in [0.25, 0.3) is 10.2 Å². The summed E-state index contributed by atoms with van der Waals surface area (Å²) in [5, 5.41) is 2.85. The summed E-state index contributed by atoms with van der Waals surface area (Å²) in [4.78, 5) is 24.6. The van der Waals surface area contributed by atoms with Crippen LogP contribution >= 0.6 is 11.3 Å². The Kier molecular flexibility index (Phi) is 7.40. The van der Waals surface area contributed by atoms with Gasteiger partial charge in [-0.05, 0) is 62.6 Å². The third-order valence-electron chi connectivity index (χ3n) is 5.21. The highest BCUT2D eigenvalue weighted by molar-refractivity contribution is 7.92. The van der Waals surface area contributed by atoms with Gasteiger partial charge in [-0.2, -0.15) is 0 Å². The molecule has 1 aromatic heterocycles. The van der Waals surface area contributed by atoms with Crippen molar-refractivity contribution in [3.05, 3.63) is 57.7 Å². The molecule has 0 spiro atoms. The van der Waals surface area contributed by atoms with Crippen molar-refractivity contribution in [3.63, 3.8) is 0 Å². The van der Waals surface area contributed by atoms with E-state index in [2.05, 4.69) is 5.32 Å². The fourth-order valence-electron chi connectivity index (χ4n) is 3.59. The van der Waals surface area contributed by atoms with Crippen LogP contribution in [-0.2, 0) is 21.2 Å². The molecular weight excluding hydrogens is 446 g/mol. The van der Waals surface area contributed by atoms with Crippen LogP contribution < -0.4 is 14.5 Å². The first-order valence-corrected chi connectivity index (χ1v) is 13.3. The molecule has 0 aliphatic heterocycles. The summed E-state index contributed by atoms with van der Waals surface area (Å²) < 4.78 is 28.4. The van der Waals surface area contributed by atoms with Crippen LogP contribution in [0.4, 0.5) is 11.4 Å². The number of nitrogens with zero attached hydrogens (tertiary/aromatic N) is 2. The summed E-state index contributed by atoms with van der Waals surface area (Å²) in [6.07, 6.45) is 2.61. The fourth-order valence-corrected chi connectivity index (χ4v) is 5.61. The molecule has 0 atom stereocenters. The molecule has 7 nitrogen and oxygen atoms in total. The van der Waals surface area contributed by atoms with E-state index in [1.54, 1.807) is 28.8 Å². The molecule has 172 valence electrons. The molecule has 1 amide bonds. The number of fused-ring (bicyclic) bond motifs is 1. The van der Waals surface area contributed by atoms with E-state index in [1.165, 1.54) is 10.6 Å². The van der Waals surface area contributed by atoms with Gasteiger partial charge in [-0.25, -0.2) is 8.42 Å². The van der Waals surface area contributed by atoms with Crippen LogP contribution in [0.15, 0.2) is 47.3 Å². The molecule has 0 fully saturated rings. The highest BCUT2D eigenvalue weighted by Crippen LogP contribution is 2.24.